The van der Waals surface area contributed by atoms with Crippen LogP contribution in [0.25, 0.3) is 0 Å². The average Bonchev–Trinajstić information content (AvgIpc) is 2.99. The Morgan fingerprint density at radius 2 is 2.00 bits per heavy atom. The summed E-state index contributed by atoms with van der Waals surface area (Å²) in [7, 11) is 0. The molecule has 104 valence electrons. The van der Waals surface area contributed by atoms with Crippen LogP contribution in [-0.2, 0) is 6.42 Å². The van der Waals surface area contributed by atoms with Gasteiger partial charge in [-0.2, -0.15) is 0 Å². The van der Waals surface area contributed by atoms with Crippen LogP contribution in [0.3, 0.4) is 0 Å². The van der Waals surface area contributed by atoms with Gasteiger partial charge in [-0.05, 0) is 61.1 Å². The summed E-state index contributed by atoms with van der Waals surface area (Å²) in [5.74, 6) is 0.844. The van der Waals surface area contributed by atoms with Crippen molar-refractivity contribution in [2.24, 2.45) is 17.3 Å². The van der Waals surface area contributed by atoms with E-state index in [1.54, 1.807) is 6.07 Å². The van der Waals surface area contributed by atoms with E-state index in [0.717, 1.165) is 37.4 Å². The molecule has 2 atom stereocenters. The van der Waals surface area contributed by atoms with Crippen LogP contribution in [-0.4, -0.2) is 13.1 Å². The molecule has 0 aromatic heterocycles. The van der Waals surface area contributed by atoms with E-state index >= 15 is 0 Å². The number of nitrogens with one attached hydrogen (secondary N) is 1. The molecule has 19 heavy (non-hydrogen) atoms. The molecule has 0 saturated heterocycles. The van der Waals surface area contributed by atoms with Crippen LogP contribution >= 0.6 is 0 Å². The number of fused-ring (bicyclic) bond motifs is 1. The van der Waals surface area contributed by atoms with Gasteiger partial charge in [0.05, 0.1) is 0 Å². The Morgan fingerprint density at radius 3 is 2.63 bits per heavy atom. The van der Waals surface area contributed by atoms with Gasteiger partial charge in [-0.15, -0.1) is 0 Å². The first-order valence-corrected chi connectivity index (χ1v) is 7.26. The van der Waals surface area contributed by atoms with Crippen LogP contribution in [0.4, 0.5) is 8.78 Å². The summed E-state index contributed by atoms with van der Waals surface area (Å²) in [4.78, 5) is 0. The number of hydrogen-bond acceptors (Lipinski definition) is 1. The van der Waals surface area contributed by atoms with Crippen LogP contribution in [0.1, 0.15) is 31.7 Å². The summed E-state index contributed by atoms with van der Waals surface area (Å²) in [5.41, 5.74) is 0.850. The van der Waals surface area contributed by atoms with E-state index in [1.165, 1.54) is 25.3 Å². The molecule has 0 heterocycles. The zero-order valence-electron chi connectivity index (χ0n) is 11.4. The molecule has 2 aliphatic rings. The van der Waals surface area contributed by atoms with Crippen LogP contribution < -0.4 is 5.32 Å². The van der Waals surface area contributed by atoms with Crippen molar-refractivity contribution in [2.75, 3.05) is 13.1 Å². The van der Waals surface area contributed by atoms with Crippen LogP contribution in [0.5, 0.6) is 0 Å². The molecule has 3 heteroatoms. The highest BCUT2D eigenvalue weighted by Gasteiger charge is 2.53. The molecule has 0 bridgehead atoms. The molecule has 1 nitrogen and oxygen atoms in total. The summed E-state index contributed by atoms with van der Waals surface area (Å²) in [6.45, 7) is 4.00. The Bertz CT molecular complexity index is 462. The third-order valence-electron chi connectivity index (χ3n) is 4.79. The monoisotopic (exact) mass is 265 g/mol. The topological polar surface area (TPSA) is 12.0 Å². The van der Waals surface area contributed by atoms with Crippen molar-refractivity contribution in [3.8, 4) is 0 Å². The lowest BCUT2D eigenvalue weighted by molar-refractivity contribution is 0.247. The Kier molecular flexibility index (Phi) is 3.34. The van der Waals surface area contributed by atoms with E-state index in [4.69, 9.17) is 0 Å². The van der Waals surface area contributed by atoms with E-state index in [-0.39, 0.29) is 5.41 Å². The zero-order valence-corrected chi connectivity index (χ0v) is 11.4. The average molecular weight is 265 g/mol. The van der Waals surface area contributed by atoms with Crippen molar-refractivity contribution in [3.05, 3.63) is 35.4 Å². The van der Waals surface area contributed by atoms with E-state index < -0.39 is 11.6 Å². The lowest BCUT2D eigenvalue weighted by atomic mass is 9.77. The van der Waals surface area contributed by atoms with E-state index in [1.807, 2.05) is 0 Å². The van der Waals surface area contributed by atoms with Gasteiger partial charge in [0.25, 0.3) is 0 Å². The second-order valence-electron chi connectivity index (χ2n) is 6.36. The maximum atomic E-state index is 13.8. The van der Waals surface area contributed by atoms with Gasteiger partial charge in [-0.25, -0.2) is 8.78 Å². The standard InChI is InChI=1S/C16H21F2N/c1-2-19-10-16(8-12-5-13(12)9-16)7-11-3-4-14(17)6-15(11)18/h3-4,6,12-13,19H,2,5,7-10H2,1H3. The maximum absolute atomic E-state index is 13.8. The minimum Gasteiger partial charge on any atom is -0.316 e. The van der Waals surface area contributed by atoms with Crippen molar-refractivity contribution >= 4 is 0 Å². The fraction of sp³-hybridized carbons (Fsp3) is 0.625. The first-order valence-electron chi connectivity index (χ1n) is 7.26. The third-order valence-corrected chi connectivity index (χ3v) is 4.79. The smallest absolute Gasteiger partial charge is 0.129 e. The summed E-state index contributed by atoms with van der Waals surface area (Å²) >= 11 is 0. The van der Waals surface area contributed by atoms with Gasteiger partial charge in [-0.3, -0.25) is 0 Å². The van der Waals surface area contributed by atoms with Crippen molar-refractivity contribution in [1.82, 2.24) is 5.32 Å². The Hall–Kier alpha value is -0.960. The molecular weight excluding hydrogens is 244 g/mol. The number of hydrogen-bond donors (Lipinski definition) is 1. The van der Waals surface area contributed by atoms with Gasteiger partial charge < -0.3 is 5.32 Å². The van der Waals surface area contributed by atoms with Crippen LogP contribution in [0, 0.1) is 28.9 Å². The van der Waals surface area contributed by atoms with E-state index in [2.05, 4.69) is 12.2 Å². The van der Waals surface area contributed by atoms with E-state index in [0.29, 0.717) is 5.56 Å². The molecule has 0 aliphatic heterocycles. The second-order valence-corrected chi connectivity index (χ2v) is 6.36. The first-order chi connectivity index (χ1) is 9.12. The predicted molar refractivity (Wildman–Crippen MR) is 71.9 cm³/mol. The molecule has 0 spiro atoms. The van der Waals surface area contributed by atoms with Crippen molar-refractivity contribution < 1.29 is 8.78 Å². The Labute approximate surface area is 113 Å². The van der Waals surface area contributed by atoms with Crippen molar-refractivity contribution in [3.63, 3.8) is 0 Å². The van der Waals surface area contributed by atoms with Gasteiger partial charge in [0.1, 0.15) is 11.6 Å². The van der Waals surface area contributed by atoms with Crippen LogP contribution in [0.15, 0.2) is 18.2 Å². The minimum absolute atomic E-state index is 0.183. The molecule has 2 saturated carbocycles. The predicted octanol–water partition coefficient (Wildman–Crippen LogP) is 3.53. The largest absolute Gasteiger partial charge is 0.316 e. The van der Waals surface area contributed by atoms with E-state index in [9.17, 15) is 8.78 Å². The maximum Gasteiger partial charge on any atom is 0.129 e. The van der Waals surface area contributed by atoms with Gasteiger partial charge in [0, 0.05) is 12.6 Å². The summed E-state index contributed by atoms with van der Waals surface area (Å²) in [5, 5.41) is 3.43. The molecule has 3 rings (SSSR count). The highest BCUT2D eigenvalue weighted by atomic mass is 19.1. The minimum atomic E-state index is -0.490. The highest BCUT2D eigenvalue weighted by Crippen LogP contribution is 2.60. The van der Waals surface area contributed by atoms with Gasteiger partial charge in [0.15, 0.2) is 0 Å². The molecule has 2 fully saturated rings. The molecule has 2 unspecified atom stereocenters. The molecule has 0 radical (unpaired) electrons. The number of rotatable bonds is 5. The third kappa shape index (κ3) is 2.66. The Balaban J connectivity index is 1.77. The normalized spacial score (nSPS) is 32.4. The zero-order chi connectivity index (χ0) is 13.5. The lowest BCUT2D eigenvalue weighted by Gasteiger charge is -2.31. The van der Waals surface area contributed by atoms with Gasteiger partial charge in [0.2, 0.25) is 0 Å². The molecule has 0 amide bonds. The number of benzene rings is 1. The van der Waals surface area contributed by atoms with Crippen LogP contribution in [0.2, 0.25) is 0 Å². The van der Waals surface area contributed by atoms with Gasteiger partial charge in [-0.1, -0.05) is 13.0 Å². The van der Waals surface area contributed by atoms with Crippen molar-refractivity contribution in [1.29, 1.82) is 0 Å². The van der Waals surface area contributed by atoms with Crippen molar-refractivity contribution in [2.45, 2.75) is 32.6 Å². The van der Waals surface area contributed by atoms with Gasteiger partial charge >= 0.3 is 0 Å². The fourth-order valence-electron chi connectivity index (χ4n) is 3.82. The summed E-state index contributed by atoms with van der Waals surface area (Å²) < 4.78 is 26.8. The fourth-order valence-corrected chi connectivity index (χ4v) is 3.82. The summed E-state index contributed by atoms with van der Waals surface area (Å²) in [6, 6.07) is 3.99. The SMILES string of the molecule is CCNCC1(Cc2ccc(F)cc2F)CC2CC2C1. The molecular formula is C16H21F2N. The highest BCUT2D eigenvalue weighted by molar-refractivity contribution is 5.22. The molecule has 1 aromatic carbocycles. The summed E-state index contributed by atoms with van der Waals surface area (Å²) in [6.07, 6.45) is 4.49. The second kappa shape index (κ2) is 4.86. The first kappa shape index (κ1) is 13.0. The lowest BCUT2D eigenvalue weighted by Crippen LogP contribution is -2.35. The molecule has 1 N–H and O–H groups in total. The molecule has 1 aromatic rings. The number of halogens is 2. The Morgan fingerprint density at radius 1 is 1.26 bits per heavy atom. The quantitative estimate of drug-likeness (QED) is 0.858. The molecule has 2 aliphatic carbocycles.